The summed E-state index contributed by atoms with van der Waals surface area (Å²) in [4.78, 5) is 25.1. The Morgan fingerprint density at radius 3 is 3.22 bits per heavy atom. The Bertz CT molecular complexity index is 681. The maximum Gasteiger partial charge on any atom is 0.278 e. The van der Waals surface area contributed by atoms with Gasteiger partial charge in [-0.15, -0.1) is 0 Å². The van der Waals surface area contributed by atoms with E-state index in [-0.39, 0.29) is 17.6 Å². The van der Waals surface area contributed by atoms with Crippen LogP contribution in [0.2, 0.25) is 0 Å². The number of hydrogen-bond donors (Lipinski definition) is 1. The molecule has 0 radical (unpaired) electrons. The van der Waals surface area contributed by atoms with E-state index in [4.69, 9.17) is 5.53 Å². The van der Waals surface area contributed by atoms with Gasteiger partial charge in [0.15, 0.2) is 11.2 Å². The van der Waals surface area contributed by atoms with Crippen molar-refractivity contribution in [2.24, 2.45) is 5.11 Å². The molecule has 1 saturated carbocycles. The predicted octanol–water partition coefficient (Wildman–Crippen LogP) is 1.52. The van der Waals surface area contributed by atoms with Crippen LogP contribution in [-0.2, 0) is 0 Å². The molecule has 0 aliphatic heterocycles. The van der Waals surface area contributed by atoms with E-state index in [2.05, 4.69) is 25.0 Å². The Kier molecular flexibility index (Phi) is 2.49. The standard InChI is InChI=1S/C10H11N7O/c11-16-15-6-1-2-7(3-6)17-5-14-8-9(17)12-4-13-10(8)18/h4-7H,1-3H2,(H,12,13,18)/t6-,7-/m1/s1. The van der Waals surface area contributed by atoms with Crippen LogP contribution >= 0.6 is 0 Å². The molecule has 0 unspecified atom stereocenters. The smallest absolute Gasteiger partial charge is 0.278 e. The van der Waals surface area contributed by atoms with Gasteiger partial charge in [-0.25, -0.2) is 9.97 Å². The second-order valence-electron chi connectivity index (χ2n) is 4.38. The van der Waals surface area contributed by atoms with Crippen molar-refractivity contribution in [2.45, 2.75) is 31.3 Å². The fourth-order valence-corrected chi connectivity index (χ4v) is 2.50. The summed E-state index contributed by atoms with van der Waals surface area (Å²) in [6, 6.07) is 0.222. The number of fused-ring (bicyclic) bond motifs is 1. The summed E-state index contributed by atoms with van der Waals surface area (Å²) in [5, 5.41) is 3.74. The molecule has 8 heteroatoms. The van der Waals surface area contributed by atoms with Crippen molar-refractivity contribution in [1.82, 2.24) is 19.5 Å². The van der Waals surface area contributed by atoms with Crippen molar-refractivity contribution in [3.63, 3.8) is 0 Å². The van der Waals surface area contributed by atoms with Gasteiger partial charge in [0.25, 0.3) is 5.56 Å². The molecule has 0 spiro atoms. The van der Waals surface area contributed by atoms with Crippen LogP contribution in [-0.4, -0.2) is 25.6 Å². The first-order valence-corrected chi connectivity index (χ1v) is 5.74. The number of nitrogens with one attached hydrogen (secondary N) is 1. The highest BCUT2D eigenvalue weighted by atomic mass is 16.1. The number of H-pyrrole nitrogens is 1. The summed E-state index contributed by atoms with van der Waals surface area (Å²) in [5.41, 5.74) is 9.14. The molecule has 18 heavy (non-hydrogen) atoms. The van der Waals surface area contributed by atoms with Crippen molar-refractivity contribution in [2.75, 3.05) is 0 Å². The zero-order chi connectivity index (χ0) is 12.5. The van der Waals surface area contributed by atoms with Crippen molar-refractivity contribution in [1.29, 1.82) is 0 Å². The largest absolute Gasteiger partial charge is 0.312 e. The Morgan fingerprint density at radius 1 is 1.50 bits per heavy atom. The van der Waals surface area contributed by atoms with Crippen LogP contribution in [0.3, 0.4) is 0 Å². The lowest BCUT2D eigenvalue weighted by molar-refractivity contribution is 0.519. The first kappa shape index (κ1) is 10.8. The van der Waals surface area contributed by atoms with Crippen LogP contribution in [0, 0.1) is 0 Å². The van der Waals surface area contributed by atoms with Crippen molar-refractivity contribution in [3.05, 3.63) is 33.5 Å². The van der Waals surface area contributed by atoms with Gasteiger partial charge in [0, 0.05) is 17.0 Å². The van der Waals surface area contributed by atoms with E-state index in [9.17, 15) is 4.79 Å². The molecular weight excluding hydrogens is 234 g/mol. The van der Waals surface area contributed by atoms with E-state index in [0.29, 0.717) is 11.2 Å². The number of azide groups is 1. The number of nitrogens with zero attached hydrogens (tertiary/aromatic N) is 6. The summed E-state index contributed by atoms with van der Waals surface area (Å²) in [6.07, 6.45) is 5.55. The molecule has 1 fully saturated rings. The second kappa shape index (κ2) is 4.15. The molecule has 8 nitrogen and oxygen atoms in total. The number of rotatable bonds is 2. The van der Waals surface area contributed by atoms with Gasteiger partial charge < -0.3 is 9.55 Å². The van der Waals surface area contributed by atoms with Crippen molar-refractivity contribution < 1.29 is 0 Å². The van der Waals surface area contributed by atoms with Crippen molar-refractivity contribution in [3.8, 4) is 0 Å². The van der Waals surface area contributed by atoms with E-state index in [1.165, 1.54) is 6.33 Å². The summed E-state index contributed by atoms with van der Waals surface area (Å²) >= 11 is 0. The molecule has 0 aromatic carbocycles. The van der Waals surface area contributed by atoms with E-state index in [1.807, 2.05) is 4.57 Å². The van der Waals surface area contributed by atoms with Crippen LogP contribution in [0.5, 0.6) is 0 Å². The Hall–Kier alpha value is -2.34. The molecule has 1 aliphatic rings. The lowest BCUT2D eigenvalue weighted by Crippen LogP contribution is -2.10. The van der Waals surface area contributed by atoms with Crippen LogP contribution in [0.4, 0.5) is 0 Å². The van der Waals surface area contributed by atoms with Gasteiger partial charge in [0.2, 0.25) is 0 Å². The molecule has 1 N–H and O–H groups in total. The molecule has 2 aromatic heterocycles. The molecular formula is C10H11N7O. The van der Waals surface area contributed by atoms with Gasteiger partial charge >= 0.3 is 0 Å². The zero-order valence-corrected chi connectivity index (χ0v) is 9.52. The Morgan fingerprint density at radius 2 is 2.39 bits per heavy atom. The number of aromatic nitrogens is 4. The van der Waals surface area contributed by atoms with Gasteiger partial charge in [-0.3, -0.25) is 4.79 Å². The predicted molar refractivity (Wildman–Crippen MR) is 64.0 cm³/mol. The third-order valence-electron chi connectivity index (χ3n) is 3.35. The van der Waals surface area contributed by atoms with Crippen LogP contribution in [0.15, 0.2) is 22.6 Å². The van der Waals surface area contributed by atoms with Gasteiger partial charge in [0.1, 0.15) is 0 Å². The third kappa shape index (κ3) is 1.63. The fraction of sp³-hybridized carbons (Fsp3) is 0.500. The van der Waals surface area contributed by atoms with Gasteiger partial charge in [-0.05, 0) is 24.8 Å². The number of aromatic amines is 1. The molecule has 0 saturated heterocycles. The van der Waals surface area contributed by atoms with Gasteiger partial charge in [-0.1, -0.05) is 5.11 Å². The van der Waals surface area contributed by atoms with Crippen LogP contribution in [0.25, 0.3) is 21.6 Å². The SMILES string of the molecule is [N-]=[N+]=N[C@@H]1CC[C@@H](n2cnc3c(=O)[nH]cnc32)C1. The minimum absolute atomic E-state index is 0.0273. The Labute approximate surface area is 101 Å². The molecule has 1 aliphatic carbocycles. The Balaban J connectivity index is 1.99. The number of hydrogen-bond acceptors (Lipinski definition) is 4. The molecule has 2 heterocycles. The van der Waals surface area contributed by atoms with E-state index >= 15 is 0 Å². The normalized spacial score (nSPS) is 23.1. The third-order valence-corrected chi connectivity index (χ3v) is 3.35. The molecule has 2 aromatic rings. The summed E-state index contributed by atoms with van der Waals surface area (Å²) < 4.78 is 1.90. The maximum absolute atomic E-state index is 11.5. The average molecular weight is 245 g/mol. The highest BCUT2D eigenvalue weighted by Crippen LogP contribution is 2.33. The first-order chi connectivity index (χ1) is 8.79. The van der Waals surface area contributed by atoms with E-state index in [0.717, 1.165) is 19.3 Å². The molecule has 2 atom stereocenters. The molecule has 0 amide bonds. The molecule has 0 bridgehead atoms. The van der Waals surface area contributed by atoms with E-state index < -0.39 is 0 Å². The summed E-state index contributed by atoms with van der Waals surface area (Å²) in [6.45, 7) is 0. The topological polar surface area (TPSA) is 112 Å². The summed E-state index contributed by atoms with van der Waals surface area (Å²) in [7, 11) is 0. The second-order valence-corrected chi connectivity index (χ2v) is 4.38. The van der Waals surface area contributed by atoms with Crippen molar-refractivity contribution >= 4 is 11.2 Å². The molecule has 3 rings (SSSR count). The van der Waals surface area contributed by atoms with Crippen LogP contribution < -0.4 is 5.56 Å². The quantitative estimate of drug-likeness (QED) is 0.491. The van der Waals surface area contributed by atoms with Gasteiger partial charge in [-0.2, -0.15) is 0 Å². The van der Waals surface area contributed by atoms with E-state index in [1.54, 1.807) is 6.33 Å². The zero-order valence-electron chi connectivity index (χ0n) is 9.52. The number of imidazole rings is 1. The maximum atomic E-state index is 11.5. The average Bonchev–Trinajstić information content (AvgIpc) is 2.96. The fourth-order valence-electron chi connectivity index (χ4n) is 2.50. The first-order valence-electron chi connectivity index (χ1n) is 5.74. The lowest BCUT2D eigenvalue weighted by atomic mass is 10.2. The van der Waals surface area contributed by atoms with Crippen LogP contribution in [0.1, 0.15) is 25.3 Å². The van der Waals surface area contributed by atoms with Gasteiger partial charge in [0.05, 0.1) is 12.7 Å². The monoisotopic (exact) mass is 245 g/mol. The highest BCUT2D eigenvalue weighted by molar-refractivity contribution is 5.68. The minimum Gasteiger partial charge on any atom is -0.312 e. The minimum atomic E-state index is -0.233. The molecule has 92 valence electrons. The highest BCUT2D eigenvalue weighted by Gasteiger charge is 2.26. The lowest BCUT2D eigenvalue weighted by Gasteiger charge is -2.11. The summed E-state index contributed by atoms with van der Waals surface area (Å²) in [5.74, 6) is 0.